The van der Waals surface area contributed by atoms with Gasteiger partial charge in [0.15, 0.2) is 0 Å². The molecule has 2 aromatic carbocycles. The molecule has 32 heavy (non-hydrogen) atoms. The zero-order chi connectivity index (χ0) is 22.7. The van der Waals surface area contributed by atoms with Gasteiger partial charge >= 0.3 is 0 Å². The van der Waals surface area contributed by atoms with Crippen LogP contribution < -0.4 is 15.4 Å². The standard InChI is InChI=1S/C23H27N3O5S/c1-31-21-9-3-2-8-20(21)25-23(28)17-7-5-13-26(15-17)32(29,30)18-11-12-19-16(14-18)6-4-10-22(27)24-19/h2-3,8-9,11-12,14,17H,4-7,10,13,15H2,1H3,(H,24,27)(H,25,28). The molecule has 2 aromatic rings. The van der Waals surface area contributed by atoms with E-state index in [0.717, 1.165) is 5.56 Å². The number of amides is 2. The number of hydrogen-bond donors (Lipinski definition) is 2. The van der Waals surface area contributed by atoms with Gasteiger partial charge in [0.25, 0.3) is 0 Å². The molecule has 0 radical (unpaired) electrons. The number of fused-ring (bicyclic) bond motifs is 1. The lowest BCUT2D eigenvalue weighted by molar-refractivity contribution is -0.121. The summed E-state index contributed by atoms with van der Waals surface area (Å²) in [6, 6.07) is 12.0. The Morgan fingerprint density at radius 2 is 1.97 bits per heavy atom. The van der Waals surface area contributed by atoms with Gasteiger partial charge in [-0.1, -0.05) is 12.1 Å². The van der Waals surface area contributed by atoms with Gasteiger partial charge in [-0.05, 0) is 61.6 Å². The van der Waals surface area contributed by atoms with Crippen molar-refractivity contribution in [1.82, 2.24) is 4.31 Å². The fourth-order valence-corrected chi connectivity index (χ4v) is 5.79. The maximum absolute atomic E-state index is 13.3. The molecule has 0 bridgehead atoms. The number of aryl methyl sites for hydroxylation is 1. The molecule has 2 N–H and O–H groups in total. The Balaban J connectivity index is 1.50. The Kier molecular flexibility index (Phi) is 6.48. The van der Waals surface area contributed by atoms with E-state index in [1.54, 1.807) is 30.3 Å². The van der Waals surface area contributed by atoms with Crippen LogP contribution in [0.1, 0.15) is 31.2 Å². The molecule has 1 fully saturated rings. The molecular formula is C23H27N3O5S. The molecule has 170 valence electrons. The number of ether oxygens (including phenoxy) is 1. The summed E-state index contributed by atoms with van der Waals surface area (Å²) in [7, 11) is -2.22. The molecule has 2 aliphatic rings. The van der Waals surface area contributed by atoms with E-state index >= 15 is 0 Å². The highest BCUT2D eigenvalue weighted by Gasteiger charge is 2.34. The van der Waals surface area contributed by atoms with Crippen LogP contribution >= 0.6 is 0 Å². The summed E-state index contributed by atoms with van der Waals surface area (Å²) >= 11 is 0. The van der Waals surface area contributed by atoms with E-state index in [2.05, 4.69) is 10.6 Å². The van der Waals surface area contributed by atoms with Crippen LogP contribution in [0.4, 0.5) is 11.4 Å². The third-order valence-electron chi connectivity index (χ3n) is 5.96. The first-order chi connectivity index (χ1) is 15.4. The monoisotopic (exact) mass is 457 g/mol. The summed E-state index contributed by atoms with van der Waals surface area (Å²) in [6.07, 6.45) is 2.96. The third kappa shape index (κ3) is 4.63. The first-order valence-electron chi connectivity index (χ1n) is 10.8. The van der Waals surface area contributed by atoms with Crippen LogP contribution in [-0.4, -0.2) is 44.7 Å². The van der Waals surface area contributed by atoms with Crippen LogP contribution in [0.3, 0.4) is 0 Å². The number of nitrogens with one attached hydrogen (secondary N) is 2. The average Bonchev–Trinajstić information content (AvgIpc) is 2.99. The summed E-state index contributed by atoms with van der Waals surface area (Å²) in [4.78, 5) is 24.8. The number of sulfonamides is 1. The normalized spacial score (nSPS) is 19.4. The molecule has 2 amide bonds. The van der Waals surface area contributed by atoms with Gasteiger partial charge in [0.05, 0.1) is 23.6 Å². The molecule has 4 rings (SSSR count). The number of benzene rings is 2. The first kappa shape index (κ1) is 22.3. The maximum Gasteiger partial charge on any atom is 0.243 e. The van der Waals surface area contributed by atoms with Crippen molar-refractivity contribution >= 4 is 33.2 Å². The van der Waals surface area contributed by atoms with Crippen molar-refractivity contribution in [2.45, 2.75) is 37.0 Å². The number of rotatable bonds is 5. The lowest BCUT2D eigenvalue weighted by Crippen LogP contribution is -2.43. The number of hydrogen-bond acceptors (Lipinski definition) is 5. The van der Waals surface area contributed by atoms with E-state index in [1.807, 2.05) is 6.07 Å². The molecule has 1 unspecified atom stereocenters. The minimum Gasteiger partial charge on any atom is -0.495 e. The van der Waals surface area contributed by atoms with Crippen molar-refractivity contribution in [1.29, 1.82) is 0 Å². The number of piperidine rings is 1. The molecular weight excluding hydrogens is 430 g/mol. The Morgan fingerprint density at radius 1 is 1.16 bits per heavy atom. The van der Waals surface area contributed by atoms with Crippen molar-refractivity contribution in [2.24, 2.45) is 5.92 Å². The van der Waals surface area contributed by atoms with Crippen LogP contribution in [0.2, 0.25) is 0 Å². The zero-order valence-corrected chi connectivity index (χ0v) is 18.8. The number of anilines is 2. The fraction of sp³-hybridized carbons (Fsp3) is 0.391. The highest BCUT2D eigenvalue weighted by atomic mass is 32.2. The van der Waals surface area contributed by atoms with E-state index in [4.69, 9.17) is 4.74 Å². The number of carbonyl (C=O) groups is 2. The number of nitrogens with zero attached hydrogens (tertiary/aromatic N) is 1. The summed E-state index contributed by atoms with van der Waals surface area (Å²) in [5, 5.41) is 5.69. The SMILES string of the molecule is COc1ccccc1NC(=O)C1CCCN(S(=O)(=O)c2ccc3c(c2)CCCC(=O)N3)C1. The minimum atomic E-state index is -3.76. The molecule has 8 nitrogen and oxygen atoms in total. The van der Waals surface area contributed by atoms with Gasteiger partial charge < -0.3 is 15.4 Å². The molecule has 0 spiro atoms. The molecule has 0 aromatic heterocycles. The molecule has 9 heteroatoms. The van der Waals surface area contributed by atoms with Crippen LogP contribution in [-0.2, 0) is 26.0 Å². The highest BCUT2D eigenvalue weighted by Crippen LogP contribution is 2.30. The minimum absolute atomic E-state index is 0.0562. The Hall–Kier alpha value is -2.91. The van der Waals surface area contributed by atoms with Gasteiger partial charge in [0, 0.05) is 25.2 Å². The van der Waals surface area contributed by atoms with E-state index in [9.17, 15) is 18.0 Å². The lowest BCUT2D eigenvalue weighted by Gasteiger charge is -2.31. The topological polar surface area (TPSA) is 105 Å². The zero-order valence-electron chi connectivity index (χ0n) is 18.0. The van der Waals surface area contributed by atoms with Crippen molar-refractivity contribution in [3.05, 3.63) is 48.0 Å². The maximum atomic E-state index is 13.3. The molecule has 1 atom stereocenters. The molecule has 2 heterocycles. The van der Waals surface area contributed by atoms with Crippen molar-refractivity contribution in [3.8, 4) is 5.75 Å². The Labute approximate surface area is 188 Å². The molecule has 0 saturated carbocycles. The Bertz CT molecular complexity index is 1130. The summed E-state index contributed by atoms with van der Waals surface area (Å²) in [5.74, 6) is -0.180. The summed E-state index contributed by atoms with van der Waals surface area (Å²) in [5.41, 5.74) is 2.05. The predicted molar refractivity (Wildman–Crippen MR) is 121 cm³/mol. The van der Waals surface area contributed by atoms with Crippen LogP contribution in [0, 0.1) is 5.92 Å². The lowest BCUT2D eigenvalue weighted by atomic mass is 9.98. The van der Waals surface area contributed by atoms with E-state index in [-0.39, 0.29) is 23.3 Å². The predicted octanol–water partition coefficient (Wildman–Crippen LogP) is 3.01. The highest BCUT2D eigenvalue weighted by molar-refractivity contribution is 7.89. The van der Waals surface area contributed by atoms with Crippen molar-refractivity contribution in [3.63, 3.8) is 0 Å². The number of carbonyl (C=O) groups excluding carboxylic acids is 2. The second-order valence-electron chi connectivity index (χ2n) is 8.11. The number of para-hydroxylation sites is 2. The van der Waals surface area contributed by atoms with Gasteiger partial charge in [0.1, 0.15) is 5.75 Å². The number of methoxy groups -OCH3 is 1. The first-order valence-corrected chi connectivity index (χ1v) is 12.2. The van der Waals surface area contributed by atoms with Gasteiger partial charge in [-0.3, -0.25) is 9.59 Å². The second-order valence-corrected chi connectivity index (χ2v) is 10.1. The van der Waals surface area contributed by atoms with Crippen LogP contribution in [0.25, 0.3) is 0 Å². The van der Waals surface area contributed by atoms with Gasteiger partial charge in [0.2, 0.25) is 21.8 Å². The van der Waals surface area contributed by atoms with E-state index in [1.165, 1.54) is 17.5 Å². The van der Waals surface area contributed by atoms with Gasteiger partial charge in [-0.2, -0.15) is 4.31 Å². The fourth-order valence-electron chi connectivity index (χ4n) is 4.22. The quantitative estimate of drug-likeness (QED) is 0.718. The summed E-state index contributed by atoms with van der Waals surface area (Å²) < 4.78 is 33.3. The van der Waals surface area contributed by atoms with Crippen molar-refractivity contribution in [2.75, 3.05) is 30.8 Å². The van der Waals surface area contributed by atoms with E-state index in [0.29, 0.717) is 55.8 Å². The second kappa shape index (κ2) is 9.30. The smallest absolute Gasteiger partial charge is 0.243 e. The van der Waals surface area contributed by atoms with Crippen molar-refractivity contribution < 1.29 is 22.7 Å². The Morgan fingerprint density at radius 3 is 2.78 bits per heavy atom. The van der Waals surface area contributed by atoms with Gasteiger partial charge in [-0.25, -0.2) is 8.42 Å². The van der Waals surface area contributed by atoms with Crippen LogP contribution in [0.5, 0.6) is 5.75 Å². The largest absolute Gasteiger partial charge is 0.495 e. The third-order valence-corrected chi connectivity index (χ3v) is 7.82. The molecule has 1 saturated heterocycles. The van der Waals surface area contributed by atoms with Gasteiger partial charge in [-0.15, -0.1) is 0 Å². The van der Waals surface area contributed by atoms with E-state index < -0.39 is 15.9 Å². The average molecular weight is 458 g/mol. The summed E-state index contributed by atoms with van der Waals surface area (Å²) in [6.45, 7) is 0.492. The van der Waals surface area contributed by atoms with Crippen LogP contribution in [0.15, 0.2) is 47.4 Å². The molecule has 0 aliphatic carbocycles. The molecule has 2 aliphatic heterocycles.